The Bertz CT molecular complexity index is 739. The number of rotatable bonds is 4. The molecule has 0 saturated carbocycles. The summed E-state index contributed by atoms with van der Waals surface area (Å²) in [4.78, 5) is 38.2. The van der Waals surface area contributed by atoms with Crippen LogP contribution in [0.5, 0.6) is 0 Å². The van der Waals surface area contributed by atoms with E-state index in [1.807, 2.05) is 36.5 Å². The van der Waals surface area contributed by atoms with Crippen molar-refractivity contribution in [3.05, 3.63) is 40.9 Å². The summed E-state index contributed by atoms with van der Waals surface area (Å²) in [6, 6.07) is 6.71. The average Bonchev–Trinajstić information content (AvgIpc) is 2.97. The van der Waals surface area contributed by atoms with Gasteiger partial charge in [-0.25, -0.2) is 14.6 Å². The second kappa shape index (κ2) is 7.01. The van der Waals surface area contributed by atoms with Crippen LogP contribution in [0, 0.1) is 6.92 Å². The molecule has 3 N–H and O–H groups in total. The molecule has 1 atom stereocenters. The topological polar surface area (TPSA) is 111 Å². The van der Waals surface area contributed by atoms with Crippen molar-refractivity contribution in [3.63, 3.8) is 0 Å². The monoisotopic (exact) mass is 333 g/mol. The highest BCUT2D eigenvalue weighted by molar-refractivity contribution is 7.13. The van der Waals surface area contributed by atoms with Crippen LogP contribution in [0.4, 0.5) is 4.79 Å². The van der Waals surface area contributed by atoms with Crippen molar-refractivity contribution in [2.24, 2.45) is 5.73 Å². The van der Waals surface area contributed by atoms with Crippen LogP contribution >= 0.6 is 11.3 Å². The summed E-state index contributed by atoms with van der Waals surface area (Å²) in [6.07, 6.45) is -1.15. The van der Waals surface area contributed by atoms with E-state index in [2.05, 4.69) is 4.98 Å². The molecule has 2 aromatic rings. The Morgan fingerprint density at radius 3 is 2.52 bits per heavy atom. The van der Waals surface area contributed by atoms with Crippen LogP contribution in [-0.4, -0.2) is 29.0 Å². The molecule has 0 saturated heterocycles. The SMILES string of the molecule is Cc1ccc(-c2nc(C(=O)OC(C)C(=O)NC(N)=O)cs2)cc1. The first-order valence-corrected chi connectivity index (χ1v) is 7.58. The van der Waals surface area contributed by atoms with Gasteiger partial charge in [0, 0.05) is 10.9 Å². The summed E-state index contributed by atoms with van der Waals surface area (Å²) in [5, 5.41) is 4.06. The van der Waals surface area contributed by atoms with Crippen molar-refractivity contribution in [3.8, 4) is 10.6 Å². The maximum absolute atomic E-state index is 12.0. The van der Waals surface area contributed by atoms with Crippen molar-refractivity contribution in [1.82, 2.24) is 10.3 Å². The number of hydrogen-bond acceptors (Lipinski definition) is 6. The Balaban J connectivity index is 2.05. The quantitative estimate of drug-likeness (QED) is 0.830. The molecule has 23 heavy (non-hydrogen) atoms. The molecule has 1 unspecified atom stereocenters. The molecule has 1 aromatic heterocycles. The number of carbonyl (C=O) groups is 3. The molecule has 7 nitrogen and oxygen atoms in total. The van der Waals surface area contributed by atoms with Crippen molar-refractivity contribution < 1.29 is 19.1 Å². The highest BCUT2D eigenvalue weighted by Gasteiger charge is 2.21. The number of amides is 3. The lowest BCUT2D eigenvalue weighted by atomic mass is 10.2. The molecule has 0 spiro atoms. The minimum Gasteiger partial charge on any atom is -0.448 e. The van der Waals surface area contributed by atoms with E-state index in [4.69, 9.17) is 10.5 Å². The molecule has 0 aliphatic heterocycles. The van der Waals surface area contributed by atoms with E-state index in [1.165, 1.54) is 18.3 Å². The Morgan fingerprint density at radius 1 is 1.26 bits per heavy atom. The molecule has 120 valence electrons. The number of ether oxygens (including phenoxy) is 1. The molecule has 0 aliphatic rings. The number of aromatic nitrogens is 1. The molecular weight excluding hydrogens is 318 g/mol. The molecule has 0 aliphatic carbocycles. The Morgan fingerprint density at radius 2 is 1.91 bits per heavy atom. The van der Waals surface area contributed by atoms with Gasteiger partial charge in [-0.05, 0) is 13.8 Å². The van der Waals surface area contributed by atoms with Crippen molar-refractivity contribution in [2.75, 3.05) is 0 Å². The number of nitrogens with two attached hydrogens (primary N) is 1. The molecule has 1 heterocycles. The third-order valence-corrected chi connectivity index (χ3v) is 3.80. The lowest BCUT2D eigenvalue weighted by Crippen LogP contribution is -2.42. The highest BCUT2D eigenvalue weighted by Crippen LogP contribution is 2.24. The van der Waals surface area contributed by atoms with E-state index in [0.717, 1.165) is 11.1 Å². The van der Waals surface area contributed by atoms with Crippen LogP contribution in [0.25, 0.3) is 10.6 Å². The predicted octanol–water partition coefficient (Wildman–Crippen LogP) is 1.86. The van der Waals surface area contributed by atoms with Crippen LogP contribution in [0.15, 0.2) is 29.6 Å². The first kappa shape index (κ1) is 16.6. The van der Waals surface area contributed by atoms with E-state index in [1.54, 1.807) is 5.38 Å². The Labute approximate surface area is 136 Å². The molecule has 3 amide bonds. The summed E-state index contributed by atoms with van der Waals surface area (Å²) >= 11 is 1.30. The first-order chi connectivity index (χ1) is 10.9. The second-order valence-corrected chi connectivity index (χ2v) is 5.66. The van der Waals surface area contributed by atoms with Gasteiger partial charge in [-0.1, -0.05) is 29.8 Å². The number of nitrogens with one attached hydrogen (secondary N) is 1. The minimum absolute atomic E-state index is 0.101. The maximum Gasteiger partial charge on any atom is 0.358 e. The number of aryl methyl sites for hydroxylation is 1. The second-order valence-electron chi connectivity index (χ2n) is 4.80. The fourth-order valence-corrected chi connectivity index (χ4v) is 2.49. The number of hydrogen-bond donors (Lipinski definition) is 2. The van der Waals surface area contributed by atoms with Crippen LogP contribution in [0.3, 0.4) is 0 Å². The lowest BCUT2D eigenvalue weighted by Gasteiger charge is -2.10. The Kier molecular flexibility index (Phi) is 5.07. The molecule has 1 aromatic carbocycles. The fraction of sp³-hybridized carbons (Fsp3) is 0.200. The molecular formula is C15H15N3O4S. The fourth-order valence-electron chi connectivity index (χ4n) is 1.69. The van der Waals surface area contributed by atoms with E-state index < -0.39 is 24.0 Å². The van der Waals surface area contributed by atoms with Crippen LogP contribution in [0.1, 0.15) is 23.0 Å². The van der Waals surface area contributed by atoms with Crippen LogP contribution in [-0.2, 0) is 9.53 Å². The van der Waals surface area contributed by atoms with Gasteiger partial charge in [0.15, 0.2) is 11.8 Å². The van der Waals surface area contributed by atoms with Gasteiger partial charge in [-0.3, -0.25) is 10.1 Å². The van der Waals surface area contributed by atoms with E-state index in [-0.39, 0.29) is 5.69 Å². The van der Waals surface area contributed by atoms with Crippen molar-refractivity contribution >= 4 is 29.2 Å². The molecule has 0 fully saturated rings. The number of carbonyl (C=O) groups excluding carboxylic acids is 3. The van der Waals surface area contributed by atoms with Crippen molar-refractivity contribution in [1.29, 1.82) is 0 Å². The summed E-state index contributed by atoms with van der Waals surface area (Å²) in [6.45, 7) is 3.32. The first-order valence-electron chi connectivity index (χ1n) is 6.70. The number of imide groups is 1. The lowest BCUT2D eigenvalue weighted by molar-refractivity contribution is -0.127. The maximum atomic E-state index is 12.0. The summed E-state index contributed by atoms with van der Waals surface area (Å²) < 4.78 is 4.95. The largest absolute Gasteiger partial charge is 0.448 e. The van der Waals surface area contributed by atoms with E-state index in [9.17, 15) is 14.4 Å². The van der Waals surface area contributed by atoms with Gasteiger partial charge in [-0.2, -0.15) is 0 Å². The minimum atomic E-state index is -1.15. The van der Waals surface area contributed by atoms with E-state index in [0.29, 0.717) is 5.01 Å². The van der Waals surface area contributed by atoms with Crippen LogP contribution in [0.2, 0.25) is 0 Å². The zero-order valence-corrected chi connectivity index (χ0v) is 13.3. The number of thiazole rings is 1. The average molecular weight is 333 g/mol. The van der Waals surface area contributed by atoms with Gasteiger partial charge in [0.2, 0.25) is 0 Å². The van der Waals surface area contributed by atoms with Gasteiger partial charge in [-0.15, -0.1) is 11.3 Å². The number of esters is 1. The summed E-state index contributed by atoms with van der Waals surface area (Å²) in [5.41, 5.74) is 6.94. The smallest absolute Gasteiger partial charge is 0.358 e. The normalized spacial score (nSPS) is 11.6. The van der Waals surface area contributed by atoms with Crippen molar-refractivity contribution in [2.45, 2.75) is 20.0 Å². The third-order valence-electron chi connectivity index (χ3n) is 2.91. The predicted molar refractivity (Wildman–Crippen MR) is 84.9 cm³/mol. The molecule has 0 radical (unpaired) electrons. The molecule has 0 bridgehead atoms. The van der Waals surface area contributed by atoms with Crippen LogP contribution < -0.4 is 11.1 Å². The van der Waals surface area contributed by atoms with Gasteiger partial charge < -0.3 is 10.5 Å². The van der Waals surface area contributed by atoms with Gasteiger partial charge in [0.1, 0.15) is 5.01 Å². The Hall–Kier alpha value is -2.74. The number of primary amides is 1. The molecule has 2 rings (SSSR count). The van der Waals surface area contributed by atoms with Gasteiger partial charge in [0.05, 0.1) is 0 Å². The highest BCUT2D eigenvalue weighted by atomic mass is 32.1. The summed E-state index contributed by atoms with van der Waals surface area (Å²) in [5.74, 6) is -1.54. The number of nitrogens with zero attached hydrogens (tertiary/aromatic N) is 1. The summed E-state index contributed by atoms with van der Waals surface area (Å²) in [7, 11) is 0. The molecule has 8 heteroatoms. The number of urea groups is 1. The standard InChI is InChI=1S/C15H15N3O4S/c1-8-3-5-10(6-4-8)13-17-11(7-23-13)14(20)22-9(2)12(19)18-15(16)21/h3-7,9H,1-2H3,(H3,16,18,19,21). The van der Waals surface area contributed by atoms with E-state index >= 15 is 0 Å². The number of benzene rings is 1. The van der Waals surface area contributed by atoms with Gasteiger partial charge in [0.25, 0.3) is 5.91 Å². The zero-order valence-electron chi connectivity index (χ0n) is 12.5. The van der Waals surface area contributed by atoms with Gasteiger partial charge >= 0.3 is 12.0 Å². The third kappa shape index (κ3) is 4.36. The zero-order chi connectivity index (χ0) is 17.0.